The number of carbonyl (C=O) groups is 1. The summed E-state index contributed by atoms with van der Waals surface area (Å²) in [4.78, 5) is 16.1. The molecule has 1 aliphatic rings. The Balaban J connectivity index is 2.91. The van der Waals surface area contributed by atoms with Crippen LogP contribution in [-0.2, 0) is 14.3 Å². The van der Waals surface area contributed by atoms with Gasteiger partial charge in [-0.05, 0) is 86.4 Å². The van der Waals surface area contributed by atoms with Crippen molar-refractivity contribution in [1.82, 2.24) is 9.80 Å². The van der Waals surface area contributed by atoms with E-state index in [0.717, 1.165) is 13.0 Å². The van der Waals surface area contributed by atoms with Gasteiger partial charge in [0.1, 0.15) is 0 Å². The van der Waals surface area contributed by atoms with Crippen molar-refractivity contribution >= 4 is 5.97 Å². The fraction of sp³-hybridized carbons (Fsp3) is 0.968. The number of nitrogens with zero attached hydrogens (tertiary/aromatic N) is 2. The first-order valence-electron chi connectivity index (χ1n) is 15.5. The first-order chi connectivity index (χ1) is 18.8. The summed E-state index contributed by atoms with van der Waals surface area (Å²) in [6.07, 6.45) is -0.914. The van der Waals surface area contributed by atoms with Crippen LogP contribution >= 0.6 is 0 Å². The van der Waals surface area contributed by atoms with Crippen molar-refractivity contribution in [2.75, 3.05) is 27.2 Å². The monoisotopic (exact) mass is 590 g/mol. The lowest BCUT2D eigenvalue weighted by atomic mass is 9.80. The number of likely N-dealkylation sites (N-methyl/N-ethyl adjacent to an activating group) is 2. The molecule has 1 rings (SSSR count). The van der Waals surface area contributed by atoms with Crippen LogP contribution in [0.15, 0.2) is 0 Å². The van der Waals surface area contributed by atoms with E-state index in [4.69, 9.17) is 9.47 Å². The predicted molar refractivity (Wildman–Crippen MR) is 161 cm³/mol. The third-order valence-corrected chi connectivity index (χ3v) is 9.19. The third-order valence-electron chi connectivity index (χ3n) is 9.19. The average Bonchev–Trinajstić information content (AvgIpc) is 2.86. The maximum absolute atomic E-state index is 12.0. The van der Waals surface area contributed by atoms with Gasteiger partial charge in [0.25, 0.3) is 0 Å². The molecule has 1 aliphatic heterocycles. The van der Waals surface area contributed by atoms with Crippen molar-refractivity contribution in [3.05, 3.63) is 0 Å². The zero-order chi connectivity index (χ0) is 31.9. The molecular weight excluding hydrogens is 528 g/mol. The molecule has 0 radical (unpaired) electrons. The predicted octanol–water partition coefficient (Wildman–Crippen LogP) is 2.94. The van der Waals surface area contributed by atoms with Gasteiger partial charge in [0.05, 0.1) is 41.5 Å². The summed E-state index contributed by atoms with van der Waals surface area (Å²) in [6.45, 7) is 18.0. The molecule has 4 unspecified atom stereocenters. The van der Waals surface area contributed by atoms with Crippen LogP contribution in [0.2, 0.25) is 0 Å². The van der Waals surface area contributed by atoms with E-state index in [0.29, 0.717) is 32.2 Å². The minimum atomic E-state index is -1.17. The molecule has 1 heterocycles. The summed E-state index contributed by atoms with van der Waals surface area (Å²) >= 11 is 0. The first kappa shape index (κ1) is 38.2. The maximum Gasteiger partial charge on any atom is 0.308 e. The standard InChI is InChI=1S/C31H62N2O8/c1-12-14-31(9,39)28(35)22(6)33(11)18-19(3)16-30(8,38)17-20(4)27(21(5)29(36)37)41-25-15-24(32(10)13-2)26(34)23(7)40-25/h19-28,34-35,38-39H,12-18H2,1-11H3,(H,36,37)/t19-,20-,21-,22-,23-,24?,25+,26-,27?,28-,30?,31?/m1/s1. The van der Waals surface area contributed by atoms with Crippen LogP contribution < -0.4 is 0 Å². The molecule has 41 heavy (non-hydrogen) atoms. The quantitative estimate of drug-likeness (QED) is 0.162. The average molecular weight is 591 g/mol. The molecule has 1 saturated heterocycles. The van der Waals surface area contributed by atoms with Gasteiger partial charge in [-0.1, -0.05) is 34.1 Å². The fourth-order valence-corrected chi connectivity index (χ4v) is 6.63. The molecule has 12 atom stereocenters. The van der Waals surface area contributed by atoms with E-state index in [-0.39, 0.29) is 23.9 Å². The number of hydrogen-bond donors (Lipinski definition) is 5. The molecule has 5 N–H and O–H groups in total. The Kier molecular flexibility index (Phi) is 15.2. The van der Waals surface area contributed by atoms with Crippen LogP contribution in [0, 0.1) is 17.8 Å². The summed E-state index contributed by atoms with van der Waals surface area (Å²) in [6, 6.07) is -0.443. The Bertz CT molecular complexity index is 781. The third kappa shape index (κ3) is 11.3. The first-order valence-corrected chi connectivity index (χ1v) is 15.5. The van der Waals surface area contributed by atoms with Crippen LogP contribution in [0.25, 0.3) is 0 Å². The summed E-state index contributed by atoms with van der Waals surface area (Å²) < 4.78 is 12.3. The van der Waals surface area contributed by atoms with Gasteiger partial charge in [0, 0.05) is 25.0 Å². The van der Waals surface area contributed by atoms with Gasteiger partial charge in [0.2, 0.25) is 0 Å². The lowest BCUT2D eigenvalue weighted by Gasteiger charge is -2.44. The number of hydrogen-bond acceptors (Lipinski definition) is 9. The molecule has 0 aromatic rings. The lowest BCUT2D eigenvalue weighted by molar-refractivity contribution is -0.262. The Morgan fingerprint density at radius 3 is 2.20 bits per heavy atom. The molecule has 0 amide bonds. The summed E-state index contributed by atoms with van der Waals surface area (Å²) in [7, 11) is 3.85. The Hall–Kier alpha value is -0.850. The van der Waals surface area contributed by atoms with E-state index < -0.39 is 53.8 Å². The van der Waals surface area contributed by atoms with Crippen molar-refractivity contribution in [2.45, 2.75) is 148 Å². The number of aliphatic carboxylic acids is 1. The second-order valence-corrected chi connectivity index (χ2v) is 13.6. The van der Waals surface area contributed by atoms with Crippen molar-refractivity contribution in [1.29, 1.82) is 0 Å². The van der Waals surface area contributed by atoms with Gasteiger partial charge < -0.3 is 44.8 Å². The van der Waals surface area contributed by atoms with Gasteiger partial charge in [-0.15, -0.1) is 0 Å². The number of aliphatic hydroxyl groups is 4. The van der Waals surface area contributed by atoms with E-state index in [1.54, 1.807) is 27.7 Å². The van der Waals surface area contributed by atoms with E-state index in [1.165, 1.54) is 0 Å². The van der Waals surface area contributed by atoms with E-state index in [1.807, 2.05) is 58.5 Å². The highest BCUT2D eigenvalue weighted by molar-refractivity contribution is 5.70. The van der Waals surface area contributed by atoms with Crippen molar-refractivity contribution in [3.63, 3.8) is 0 Å². The molecule has 244 valence electrons. The Labute approximate surface area is 249 Å². The van der Waals surface area contributed by atoms with Crippen LogP contribution in [0.4, 0.5) is 0 Å². The molecular formula is C31H62N2O8. The molecule has 10 nitrogen and oxygen atoms in total. The van der Waals surface area contributed by atoms with E-state index >= 15 is 0 Å². The molecule has 0 aromatic heterocycles. The highest BCUT2D eigenvalue weighted by Crippen LogP contribution is 2.33. The number of carboxylic acids is 1. The second kappa shape index (κ2) is 16.3. The van der Waals surface area contributed by atoms with Gasteiger partial charge >= 0.3 is 5.97 Å². The van der Waals surface area contributed by atoms with Gasteiger partial charge in [-0.25, -0.2) is 0 Å². The maximum atomic E-state index is 12.0. The van der Waals surface area contributed by atoms with Crippen LogP contribution in [0.3, 0.4) is 0 Å². The largest absolute Gasteiger partial charge is 0.481 e. The van der Waals surface area contributed by atoms with Crippen LogP contribution in [0.5, 0.6) is 0 Å². The molecule has 0 aromatic carbocycles. The Morgan fingerprint density at radius 1 is 1.10 bits per heavy atom. The van der Waals surface area contributed by atoms with Gasteiger partial charge in [-0.2, -0.15) is 0 Å². The zero-order valence-electron chi connectivity index (χ0n) is 27.6. The molecule has 0 spiro atoms. The van der Waals surface area contributed by atoms with Gasteiger partial charge in [-0.3, -0.25) is 4.79 Å². The molecule has 0 aliphatic carbocycles. The van der Waals surface area contributed by atoms with Crippen molar-refractivity contribution < 1.29 is 39.8 Å². The smallest absolute Gasteiger partial charge is 0.308 e. The van der Waals surface area contributed by atoms with Crippen molar-refractivity contribution in [3.8, 4) is 0 Å². The Morgan fingerprint density at radius 2 is 1.68 bits per heavy atom. The van der Waals surface area contributed by atoms with E-state index in [2.05, 4.69) is 0 Å². The summed E-state index contributed by atoms with van der Waals surface area (Å²) in [5.74, 6) is -2.03. The molecule has 1 fully saturated rings. The van der Waals surface area contributed by atoms with Gasteiger partial charge in [0.15, 0.2) is 6.29 Å². The SMILES string of the molecule is CCCC(C)(O)[C@H](O)[C@@H](C)N(C)C[C@H](C)CC(C)(O)C[C@@H](C)C(O[C@H]1CC(N(C)CC)[C@H](O)[C@@H](C)O1)[C@@H](C)C(=O)O. The zero-order valence-corrected chi connectivity index (χ0v) is 27.6. The highest BCUT2D eigenvalue weighted by Gasteiger charge is 2.42. The van der Waals surface area contributed by atoms with E-state index in [9.17, 15) is 30.3 Å². The summed E-state index contributed by atoms with van der Waals surface area (Å²) in [5, 5.41) is 53.4. The molecule has 10 heteroatoms. The lowest BCUT2D eigenvalue weighted by Crippen LogP contribution is -2.55. The fourth-order valence-electron chi connectivity index (χ4n) is 6.63. The minimum absolute atomic E-state index is 0.0681. The molecule has 0 bridgehead atoms. The van der Waals surface area contributed by atoms with Crippen LogP contribution in [0.1, 0.15) is 94.4 Å². The number of ether oxygens (including phenoxy) is 2. The number of carboxylic acid groups (broad SMARTS) is 1. The second-order valence-electron chi connectivity index (χ2n) is 13.6. The topological polar surface area (TPSA) is 143 Å². The molecule has 0 saturated carbocycles. The summed E-state index contributed by atoms with van der Waals surface area (Å²) in [5.41, 5.74) is -2.26. The minimum Gasteiger partial charge on any atom is -0.481 e. The number of rotatable bonds is 18. The van der Waals surface area contributed by atoms with Crippen LogP contribution in [-0.4, -0.2) is 122 Å². The van der Waals surface area contributed by atoms with Crippen molar-refractivity contribution in [2.24, 2.45) is 17.8 Å². The normalized spacial score (nSPS) is 29.3. The highest BCUT2D eigenvalue weighted by atomic mass is 16.7. The number of aliphatic hydroxyl groups excluding tert-OH is 2.